The van der Waals surface area contributed by atoms with Crippen molar-refractivity contribution in [2.45, 2.75) is 45.1 Å². The molecule has 0 saturated carbocycles. The number of hydrogen-bond donors (Lipinski definition) is 1. The van der Waals surface area contributed by atoms with Gasteiger partial charge >= 0.3 is 5.97 Å². The number of aromatic nitrogens is 1. The summed E-state index contributed by atoms with van der Waals surface area (Å²) in [6.07, 6.45) is 5.21. The number of ether oxygens (including phenoxy) is 1. The van der Waals surface area contributed by atoms with E-state index in [4.69, 9.17) is 4.74 Å². The highest BCUT2D eigenvalue weighted by Crippen LogP contribution is 2.23. The van der Waals surface area contributed by atoms with Gasteiger partial charge in [-0.15, -0.1) is 11.3 Å². The highest BCUT2D eigenvalue weighted by Gasteiger charge is 2.21. The van der Waals surface area contributed by atoms with Crippen molar-refractivity contribution in [3.63, 3.8) is 0 Å². The van der Waals surface area contributed by atoms with E-state index in [0.717, 1.165) is 36.5 Å². The molecule has 0 aromatic carbocycles. The van der Waals surface area contributed by atoms with Crippen molar-refractivity contribution in [1.82, 2.24) is 10.3 Å². The molecule has 1 saturated heterocycles. The van der Waals surface area contributed by atoms with Crippen molar-refractivity contribution >= 4 is 17.3 Å². The van der Waals surface area contributed by atoms with Crippen LogP contribution in [0.5, 0.6) is 0 Å². The summed E-state index contributed by atoms with van der Waals surface area (Å²) in [5, 5.41) is 4.51. The summed E-state index contributed by atoms with van der Waals surface area (Å²) < 4.78 is 4.82. The fraction of sp³-hybridized carbons (Fsp3) is 0.692. The number of nitrogens with one attached hydrogen (secondary N) is 1. The molecule has 0 spiro atoms. The highest BCUT2D eigenvalue weighted by atomic mass is 32.1. The van der Waals surface area contributed by atoms with E-state index in [1.165, 1.54) is 31.3 Å². The lowest BCUT2D eigenvalue weighted by Gasteiger charge is -2.06. The third-order valence-corrected chi connectivity index (χ3v) is 4.28. The maximum absolute atomic E-state index is 11.7. The molecule has 1 aliphatic rings. The fourth-order valence-electron chi connectivity index (χ4n) is 2.29. The Labute approximate surface area is 112 Å². The lowest BCUT2D eigenvalue weighted by molar-refractivity contribution is 0.0605. The Morgan fingerprint density at radius 1 is 1.61 bits per heavy atom. The zero-order chi connectivity index (χ0) is 13.0. The van der Waals surface area contributed by atoms with Crippen LogP contribution in [0.15, 0.2) is 0 Å². The quantitative estimate of drug-likeness (QED) is 0.832. The molecule has 2 rings (SSSR count). The molecule has 1 unspecified atom stereocenters. The van der Waals surface area contributed by atoms with Crippen molar-refractivity contribution in [2.75, 3.05) is 13.7 Å². The maximum atomic E-state index is 11.7. The van der Waals surface area contributed by atoms with Crippen molar-refractivity contribution in [2.24, 2.45) is 0 Å². The largest absolute Gasteiger partial charge is 0.465 e. The molecule has 0 amide bonds. The number of hydrogen-bond acceptors (Lipinski definition) is 5. The van der Waals surface area contributed by atoms with Crippen LogP contribution in [0.1, 0.15) is 46.6 Å². The predicted molar refractivity (Wildman–Crippen MR) is 72.2 cm³/mol. The lowest BCUT2D eigenvalue weighted by atomic mass is 10.2. The Bertz CT molecular complexity index is 411. The van der Waals surface area contributed by atoms with E-state index < -0.39 is 0 Å². The number of carbonyl (C=O) groups excluding carboxylic acids is 1. The molecule has 0 radical (unpaired) electrons. The van der Waals surface area contributed by atoms with E-state index in [9.17, 15) is 4.79 Å². The molecule has 1 aromatic rings. The van der Waals surface area contributed by atoms with Gasteiger partial charge in [-0.3, -0.25) is 0 Å². The SMILES string of the molecule is CCCc1nc(CC2CCCN2)sc1C(=O)OC. The van der Waals surface area contributed by atoms with Gasteiger partial charge in [0.05, 0.1) is 17.8 Å². The lowest BCUT2D eigenvalue weighted by Crippen LogP contribution is -2.23. The Morgan fingerprint density at radius 2 is 2.44 bits per heavy atom. The number of rotatable bonds is 5. The summed E-state index contributed by atoms with van der Waals surface area (Å²) in [6.45, 7) is 3.19. The minimum absolute atomic E-state index is 0.249. The van der Waals surface area contributed by atoms with Gasteiger partial charge in [0.2, 0.25) is 0 Å². The predicted octanol–water partition coefficient (Wildman–Crippen LogP) is 2.18. The molecule has 4 nitrogen and oxygen atoms in total. The first kappa shape index (κ1) is 13.5. The standard InChI is InChI=1S/C13H20N2O2S/c1-3-5-10-12(13(16)17-2)18-11(15-10)8-9-6-4-7-14-9/h9,14H,3-8H2,1-2H3. The zero-order valence-corrected chi connectivity index (χ0v) is 11.8. The molecule has 1 fully saturated rings. The minimum atomic E-state index is -0.249. The second-order valence-corrected chi connectivity index (χ2v) is 5.71. The smallest absolute Gasteiger partial charge is 0.349 e. The molecular formula is C13H20N2O2S. The van der Waals surface area contributed by atoms with Gasteiger partial charge in [-0.1, -0.05) is 13.3 Å². The van der Waals surface area contributed by atoms with Crippen molar-refractivity contribution < 1.29 is 9.53 Å². The second kappa shape index (κ2) is 6.29. The Morgan fingerprint density at radius 3 is 3.06 bits per heavy atom. The molecule has 100 valence electrons. The summed E-state index contributed by atoms with van der Waals surface area (Å²) >= 11 is 1.49. The summed E-state index contributed by atoms with van der Waals surface area (Å²) in [7, 11) is 1.43. The van der Waals surface area contributed by atoms with Crippen LogP contribution in [0.2, 0.25) is 0 Å². The van der Waals surface area contributed by atoms with Crippen molar-refractivity contribution in [3.05, 3.63) is 15.6 Å². The van der Waals surface area contributed by atoms with Gasteiger partial charge in [-0.05, 0) is 25.8 Å². The van der Waals surface area contributed by atoms with Crippen LogP contribution in [0, 0.1) is 0 Å². The topological polar surface area (TPSA) is 51.2 Å². The molecule has 5 heteroatoms. The number of esters is 1. The Hall–Kier alpha value is -0.940. The van der Waals surface area contributed by atoms with Crippen LogP contribution >= 0.6 is 11.3 Å². The molecule has 0 aliphatic carbocycles. The third-order valence-electron chi connectivity index (χ3n) is 3.18. The molecule has 18 heavy (non-hydrogen) atoms. The minimum Gasteiger partial charge on any atom is -0.465 e. The van der Waals surface area contributed by atoms with E-state index in [1.807, 2.05) is 0 Å². The van der Waals surface area contributed by atoms with Gasteiger partial charge in [0.15, 0.2) is 0 Å². The average molecular weight is 268 g/mol. The second-order valence-electron chi connectivity index (χ2n) is 4.62. The van der Waals surface area contributed by atoms with E-state index in [-0.39, 0.29) is 5.97 Å². The Balaban J connectivity index is 2.13. The van der Waals surface area contributed by atoms with Gasteiger partial charge in [-0.25, -0.2) is 9.78 Å². The van der Waals surface area contributed by atoms with E-state index >= 15 is 0 Å². The molecule has 1 N–H and O–H groups in total. The van der Waals surface area contributed by atoms with Crippen LogP contribution < -0.4 is 5.32 Å². The van der Waals surface area contributed by atoms with Gasteiger partial charge in [-0.2, -0.15) is 0 Å². The first-order chi connectivity index (χ1) is 8.74. The van der Waals surface area contributed by atoms with Crippen LogP contribution in [0.4, 0.5) is 0 Å². The maximum Gasteiger partial charge on any atom is 0.349 e. The van der Waals surface area contributed by atoms with Crippen molar-refractivity contribution in [1.29, 1.82) is 0 Å². The summed E-state index contributed by atoms with van der Waals surface area (Å²) in [5.74, 6) is -0.249. The van der Waals surface area contributed by atoms with Crippen molar-refractivity contribution in [3.8, 4) is 0 Å². The molecule has 2 heterocycles. The van der Waals surface area contributed by atoms with E-state index in [0.29, 0.717) is 10.9 Å². The number of thiazole rings is 1. The van der Waals surface area contributed by atoms with Gasteiger partial charge in [0.1, 0.15) is 4.88 Å². The molecule has 0 bridgehead atoms. The number of carbonyl (C=O) groups is 1. The normalized spacial score (nSPS) is 19.1. The number of aryl methyl sites for hydroxylation is 1. The van der Waals surface area contributed by atoms with Gasteiger partial charge in [0.25, 0.3) is 0 Å². The summed E-state index contributed by atoms with van der Waals surface area (Å²) in [6, 6.07) is 0.524. The first-order valence-corrected chi connectivity index (χ1v) is 7.36. The van der Waals surface area contributed by atoms with Gasteiger partial charge < -0.3 is 10.1 Å². The average Bonchev–Trinajstić information content (AvgIpc) is 2.99. The van der Waals surface area contributed by atoms with E-state index in [2.05, 4.69) is 17.2 Å². The monoisotopic (exact) mass is 268 g/mol. The molecular weight excluding hydrogens is 248 g/mol. The summed E-state index contributed by atoms with van der Waals surface area (Å²) in [4.78, 5) is 17.0. The van der Waals surface area contributed by atoms with Crippen LogP contribution in [0.25, 0.3) is 0 Å². The summed E-state index contributed by atoms with van der Waals surface area (Å²) in [5.41, 5.74) is 0.905. The molecule has 1 aromatic heterocycles. The number of nitrogens with zero attached hydrogens (tertiary/aromatic N) is 1. The van der Waals surface area contributed by atoms with Gasteiger partial charge in [0, 0.05) is 12.5 Å². The van der Waals surface area contributed by atoms with Crippen LogP contribution in [-0.2, 0) is 17.6 Å². The first-order valence-electron chi connectivity index (χ1n) is 6.54. The third kappa shape index (κ3) is 3.09. The number of methoxy groups -OCH3 is 1. The highest BCUT2D eigenvalue weighted by molar-refractivity contribution is 7.13. The Kier molecular flexibility index (Phi) is 4.72. The fourth-order valence-corrected chi connectivity index (χ4v) is 3.40. The molecule has 1 atom stereocenters. The zero-order valence-electron chi connectivity index (χ0n) is 11.0. The van der Waals surface area contributed by atoms with Crippen LogP contribution in [-0.4, -0.2) is 30.6 Å². The molecule has 1 aliphatic heterocycles. The van der Waals surface area contributed by atoms with E-state index in [1.54, 1.807) is 0 Å². The van der Waals surface area contributed by atoms with Crippen LogP contribution in [0.3, 0.4) is 0 Å².